The zero-order valence-electron chi connectivity index (χ0n) is 12.3. The molecule has 0 aliphatic carbocycles. The smallest absolute Gasteiger partial charge is 0.237 e. The topological polar surface area (TPSA) is 44.4 Å². The summed E-state index contributed by atoms with van der Waals surface area (Å²) in [6.45, 7) is 8.27. The van der Waals surface area contributed by atoms with Gasteiger partial charge in [0.05, 0.1) is 6.04 Å². The number of amides is 1. The third kappa shape index (κ3) is 4.33. The first kappa shape index (κ1) is 16.7. The van der Waals surface area contributed by atoms with Crippen molar-refractivity contribution >= 4 is 18.3 Å². The highest BCUT2D eigenvalue weighted by Gasteiger charge is 2.32. The van der Waals surface area contributed by atoms with Gasteiger partial charge < -0.3 is 10.6 Å². The Labute approximate surface area is 123 Å². The summed E-state index contributed by atoms with van der Waals surface area (Å²) >= 11 is 0. The first-order valence-corrected chi connectivity index (χ1v) is 7.40. The van der Waals surface area contributed by atoms with Gasteiger partial charge in [-0.05, 0) is 39.5 Å². The normalized spacial score (nSPS) is 30.1. The largest absolute Gasteiger partial charge is 0.352 e. The quantitative estimate of drug-likeness (QED) is 0.825. The zero-order chi connectivity index (χ0) is 13.1. The van der Waals surface area contributed by atoms with Gasteiger partial charge in [-0.2, -0.15) is 0 Å². The number of carbonyl (C=O) groups excluding carboxylic acids is 1. The summed E-state index contributed by atoms with van der Waals surface area (Å²) in [7, 11) is 0. The van der Waals surface area contributed by atoms with Gasteiger partial charge in [-0.3, -0.25) is 9.69 Å². The fourth-order valence-electron chi connectivity index (χ4n) is 2.95. The van der Waals surface area contributed by atoms with Gasteiger partial charge in [0, 0.05) is 31.2 Å². The van der Waals surface area contributed by atoms with Gasteiger partial charge in [0.25, 0.3) is 0 Å². The third-order valence-electron chi connectivity index (χ3n) is 4.48. The van der Waals surface area contributed by atoms with Crippen LogP contribution in [0.4, 0.5) is 0 Å². The molecule has 2 heterocycles. The standard InChI is InChI=1S/C14H27N3O.ClH/c1-4-10(2)15-14(18)11(3)17-8-7-12-5-6-13(9-17)16-12;/h10-13,16H,4-9H2,1-3H3,(H,15,18);1H. The molecule has 0 aromatic carbocycles. The monoisotopic (exact) mass is 289 g/mol. The Balaban J connectivity index is 0.00000180. The minimum absolute atomic E-state index is 0. The van der Waals surface area contributed by atoms with E-state index in [1.807, 2.05) is 6.92 Å². The Morgan fingerprint density at radius 3 is 2.68 bits per heavy atom. The van der Waals surface area contributed by atoms with Crippen molar-refractivity contribution in [2.75, 3.05) is 13.1 Å². The van der Waals surface area contributed by atoms with Crippen LogP contribution in [0.5, 0.6) is 0 Å². The highest BCUT2D eigenvalue weighted by molar-refractivity contribution is 5.85. The Bertz CT molecular complexity index is 300. The van der Waals surface area contributed by atoms with E-state index in [9.17, 15) is 4.79 Å². The molecule has 2 rings (SSSR count). The van der Waals surface area contributed by atoms with E-state index in [2.05, 4.69) is 29.4 Å². The zero-order valence-corrected chi connectivity index (χ0v) is 13.1. The maximum absolute atomic E-state index is 12.2. The van der Waals surface area contributed by atoms with Crippen molar-refractivity contribution < 1.29 is 4.79 Å². The highest BCUT2D eigenvalue weighted by atomic mass is 35.5. The maximum Gasteiger partial charge on any atom is 0.237 e. The summed E-state index contributed by atoms with van der Waals surface area (Å²) in [5, 5.41) is 6.75. The van der Waals surface area contributed by atoms with Gasteiger partial charge in [-0.15, -0.1) is 12.4 Å². The molecule has 2 aliphatic rings. The minimum atomic E-state index is 0. The molecule has 4 atom stereocenters. The molecule has 4 nitrogen and oxygen atoms in total. The highest BCUT2D eigenvalue weighted by Crippen LogP contribution is 2.21. The predicted molar refractivity (Wildman–Crippen MR) is 80.7 cm³/mol. The van der Waals surface area contributed by atoms with E-state index in [0.29, 0.717) is 12.1 Å². The predicted octanol–water partition coefficient (Wildman–Crippen LogP) is 1.54. The molecule has 5 heteroatoms. The van der Waals surface area contributed by atoms with Crippen LogP contribution in [0.1, 0.15) is 46.5 Å². The van der Waals surface area contributed by atoms with Crippen LogP contribution in [0.2, 0.25) is 0 Å². The second-order valence-corrected chi connectivity index (χ2v) is 5.92. The molecule has 2 fully saturated rings. The average molecular weight is 290 g/mol. The van der Waals surface area contributed by atoms with Gasteiger partial charge in [-0.25, -0.2) is 0 Å². The lowest BCUT2D eigenvalue weighted by molar-refractivity contribution is -0.126. The van der Waals surface area contributed by atoms with Crippen LogP contribution in [-0.2, 0) is 4.79 Å². The molecule has 2 bridgehead atoms. The molecule has 4 unspecified atom stereocenters. The number of nitrogens with one attached hydrogen (secondary N) is 2. The molecule has 19 heavy (non-hydrogen) atoms. The molecule has 112 valence electrons. The first-order chi connectivity index (χ1) is 8.60. The van der Waals surface area contributed by atoms with Crippen LogP contribution in [-0.4, -0.2) is 48.1 Å². The van der Waals surface area contributed by atoms with Crippen LogP contribution in [0, 0.1) is 0 Å². The Morgan fingerprint density at radius 2 is 2.00 bits per heavy atom. The van der Waals surface area contributed by atoms with Gasteiger partial charge in [0.2, 0.25) is 5.91 Å². The van der Waals surface area contributed by atoms with Gasteiger partial charge in [0.1, 0.15) is 0 Å². The molecule has 2 saturated heterocycles. The van der Waals surface area contributed by atoms with Crippen molar-refractivity contribution in [2.45, 2.75) is 70.6 Å². The van der Waals surface area contributed by atoms with E-state index in [1.54, 1.807) is 0 Å². The lowest BCUT2D eigenvalue weighted by atomic mass is 10.1. The van der Waals surface area contributed by atoms with Crippen molar-refractivity contribution in [3.63, 3.8) is 0 Å². The molecule has 0 aromatic heterocycles. The van der Waals surface area contributed by atoms with E-state index in [1.165, 1.54) is 19.3 Å². The number of halogens is 1. The molecule has 0 saturated carbocycles. The van der Waals surface area contributed by atoms with E-state index >= 15 is 0 Å². The number of carbonyl (C=O) groups is 1. The van der Waals surface area contributed by atoms with E-state index in [-0.39, 0.29) is 30.4 Å². The van der Waals surface area contributed by atoms with Crippen molar-refractivity contribution in [3.05, 3.63) is 0 Å². The molecule has 2 N–H and O–H groups in total. The van der Waals surface area contributed by atoms with Crippen LogP contribution < -0.4 is 10.6 Å². The van der Waals surface area contributed by atoms with E-state index in [0.717, 1.165) is 19.5 Å². The summed E-state index contributed by atoms with van der Waals surface area (Å²) in [6.07, 6.45) is 4.75. The SMILES string of the molecule is CCC(C)NC(=O)C(C)N1CCC2CCC(C1)N2.Cl. The molecule has 0 aromatic rings. The average Bonchev–Trinajstić information content (AvgIpc) is 2.68. The summed E-state index contributed by atoms with van der Waals surface area (Å²) in [4.78, 5) is 14.5. The molecular weight excluding hydrogens is 262 g/mol. The number of hydrogen-bond acceptors (Lipinski definition) is 3. The van der Waals surface area contributed by atoms with Crippen molar-refractivity contribution in [2.24, 2.45) is 0 Å². The summed E-state index contributed by atoms with van der Waals surface area (Å²) < 4.78 is 0. The van der Waals surface area contributed by atoms with E-state index < -0.39 is 0 Å². The maximum atomic E-state index is 12.2. The van der Waals surface area contributed by atoms with Crippen molar-refractivity contribution in [1.82, 2.24) is 15.5 Å². The van der Waals surface area contributed by atoms with Gasteiger partial charge >= 0.3 is 0 Å². The van der Waals surface area contributed by atoms with Crippen LogP contribution in [0.3, 0.4) is 0 Å². The lowest BCUT2D eigenvalue weighted by Gasteiger charge is -2.30. The van der Waals surface area contributed by atoms with Gasteiger partial charge in [-0.1, -0.05) is 6.92 Å². The van der Waals surface area contributed by atoms with Crippen LogP contribution in [0.15, 0.2) is 0 Å². The minimum Gasteiger partial charge on any atom is -0.352 e. The number of likely N-dealkylation sites (tertiary alicyclic amines) is 1. The Morgan fingerprint density at radius 1 is 1.32 bits per heavy atom. The molecular formula is C14H28ClN3O. The third-order valence-corrected chi connectivity index (χ3v) is 4.48. The second kappa shape index (κ2) is 7.46. The number of rotatable bonds is 4. The molecule has 1 amide bonds. The fourth-order valence-corrected chi connectivity index (χ4v) is 2.95. The van der Waals surface area contributed by atoms with Gasteiger partial charge in [0.15, 0.2) is 0 Å². The number of hydrogen-bond donors (Lipinski definition) is 2. The molecule has 2 aliphatic heterocycles. The second-order valence-electron chi connectivity index (χ2n) is 5.92. The number of nitrogens with zero attached hydrogens (tertiary/aromatic N) is 1. The van der Waals surface area contributed by atoms with Crippen LogP contribution in [0.25, 0.3) is 0 Å². The summed E-state index contributed by atoms with van der Waals surface area (Å²) in [5.41, 5.74) is 0. The van der Waals surface area contributed by atoms with Crippen LogP contribution >= 0.6 is 12.4 Å². The number of fused-ring (bicyclic) bond motifs is 2. The Hall–Kier alpha value is -0.320. The van der Waals surface area contributed by atoms with Crippen molar-refractivity contribution in [1.29, 1.82) is 0 Å². The molecule has 0 radical (unpaired) electrons. The van der Waals surface area contributed by atoms with Crippen molar-refractivity contribution in [3.8, 4) is 0 Å². The summed E-state index contributed by atoms with van der Waals surface area (Å²) in [5.74, 6) is 0.183. The first-order valence-electron chi connectivity index (χ1n) is 7.40. The molecule has 0 spiro atoms. The lowest BCUT2D eigenvalue weighted by Crippen LogP contribution is -2.49. The van der Waals surface area contributed by atoms with E-state index in [4.69, 9.17) is 0 Å². The Kier molecular flexibility index (Phi) is 6.57. The fraction of sp³-hybridized carbons (Fsp3) is 0.929. The summed E-state index contributed by atoms with van der Waals surface area (Å²) in [6, 6.07) is 1.56.